The van der Waals surface area contributed by atoms with Crippen LogP contribution in [0.25, 0.3) is 11.3 Å². The molecule has 0 aliphatic carbocycles. The molecule has 18 heavy (non-hydrogen) atoms. The summed E-state index contributed by atoms with van der Waals surface area (Å²) in [5, 5.41) is 1.15. The molecule has 0 spiro atoms. The fourth-order valence-electron chi connectivity index (χ4n) is 1.52. The van der Waals surface area contributed by atoms with Gasteiger partial charge in [0.1, 0.15) is 10.7 Å². The van der Waals surface area contributed by atoms with Crippen LogP contribution in [-0.2, 0) is 0 Å². The van der Waals surface area contributed by atoms with Crippen LogP contribution < -0.4 is 0 Å². The topological polar surface area (TPSA) is 16.4 Å². The largest absolute Gasteiger partial charge is 0.454 e. The van der Waals surface area contributed by atoms with E-state index in [9.17, 15) is 0 Å². The Labute approximate surface area is 121 Å². The number of benzene rings is 1. The van der Waals surface area contributed by atoms with Crippen molar-refractivity contribution in [2.24, 2.45) is 0 Å². The molecule has 0 atom stereocenters. The molecule has 5 heteroatoms. The van der Waals surface area contributed by atoms with Gasteiger partial charge in [0.15, 0.2) is 5.76 Å². The van der Waals surface area contributed by atoms with Crippen LogP contribution in [0.1, 0.15) is 5.76 Å². The fraction of sp³-hybridized carbons (Fsp3) is 0.154. The summed E-state index contributed by atoms with van der Waals surface area (Å²) in [6.07, 6.45) is 0. The summed E-state index contributed by atoms with van der Waals surface area (Å²) < 4.78 is 5.70. The monoisotopic (exact) mass is 299 g/mol. The summed E-state index contributed by atoms with van der Waals surface area (Å²) in [5.41, 5.74) is 0.834. The first kappa shape index (κ1) is 13.4. The molecule has 0 amide bonds. The number of hydrogen-bond donors (Lipinski definition) is 0. The summed E-state index contributed by atoms with van der Waals surface area (Å²) >= 11 is 17.2. The molecule has 1 heterocycles. The first-order valence-electron chi connectivity index (χ1n) is 5.25. The van der Waals surface area contributed by atoms with E-state index in [0.29, 0.717) is 26.6 Å². The van der Waals surface area contributed by atoms with E-state index < -0.39 is 0 Å². The van der Waals surface area contributed by atoms with Gasteiger partial charge in [0.2, 0.25) is 0 Å². The van der Waals surface area contributed by atoms with Crippen LogP contribution in [0, 0.1) is 0 Å². The minimum Gasteiger partial charge on any atom is -0.454 e. The van der Waals surface area contributed by atoms with E-state index in [-0.39, 0.29) is 0 Å². The number of halogens is 2. The fourth-order valence-corrected chi connectivity index (χ4v) is 2.16. The van der Waals surface area contributed by atoms with Crippen molar-refractivity contribution in [3.05, 3.63) is 46.1 Å². The number of rotatable bonds is 2. The van der Waals surface area contributed by atoms with Crippen molar-refractivity contribution in [1.82, 2.24) is 4.90 Å². The molecule has 0 unspecified atom stereocenters. The van der Waals surface area contributed by atoms with Gasteiger partial charge in [-0.1, -0.05) is 35.4 Å². The van der Waals surface area contributed by atoms with Crippen molar-refractivity contribution in [3.63, 3.8) is 0 Å². The maximum absolute atomic E-state index is 5.96. The van der Waals surface area contributed by atoms with Crippen LogP contribution in [0.2, 0.25) is 10.0 Å². The van der Waals surface area contributed by atoms with Crippen LogP contribution in [0.15, 0.2) is 34.7 Å². The third kappa shape index (κ3) is 2.86. The first-order valence-corrected chi connectivity index (χ1v) is 6.42. The van der Waals surface area contributed by atoms with Gasteiger partial charge in [-0.3, -0.25) is 0 Å². The molecule has 2 aromatic rings. The van der Waals surface area contributed by atoms with Crippen molar-refractivity contribution >= 4 is 40.4 Å². The van der Waals surface area contributed by atoms with E-state index in [0.717, 1.165) is 5.56 Å². The van der Waals surface area contributed by atoms with Crippen LogP contribution in [-0.4, -0.2) is 24.0 Å². The Kier molecular flexibility index (Phi) is 3.95. The number of hydrogen-bond acceptors (Lipinski definition) is 2. The molecule has 2 rings (SSSR count). The Hall–Kier alpha value is -1.03. The van der Waals surface area contributed by atoms with E-state index in [1.165, 1.54) is 0 Å². The van der Waals surface area contributed by atoms with Crippen LogP contribution in [0.3, 0.4) is 0 Å². The van der Waals surface area contributed by atoms with Crippen LogP contribution >= 0.6 is 35.4 Å². The molecule has 0 saturated heterocycles. The summed E-state index contributed by atoms with van der Waals surface area (Å²) in [4.78, 5) is 2.47. The minimum atomic E-state index is 0.575. The molecule has 0 saturated carbocycles. The van der Waals surface area contributed by atoms with Gasteiger partial charge in [-0.05, 0) is 30.3 Å². The van der Waals surface area contributed by atoms with Crippen LogP contribution in [0.4, 0.5) is 0 Å². The molecular weight excluding hydrogens is 289 g/mol. The SMILES string of the molecule is CN(C)C(=S)c1ccc(-c2cc(Cl)cc(Cl)c2)o1. The van der Waals surface area contributed by atoms with Gasteiger partial charge in [-0.15, -0.1) is 0 Å². The quantitative estimate of drug-likeness (QED) is 0.760. The Morgan fingerprint density at radius 1 is 1.11 bits per heavy atom. The van der Waals surface area contributed by atoms with Crippen LogP contribution in [0.5, 0.6) is 0 Å². The maximum atomic E-state index is 5.96. The second-order valence-electron chi connectivity index (χ2n) is 4.02. The lowest BCUT2D eigenvalue weighted by molar-refractivity contribution is 0.545. The highest BCUT2D eigenvalue weighted by atomic mass is 35.5. The first-order chi connectivity index (χ1) is 8.47. The highest BCUT2D eigenvalue weighted by Gasteiger charge is 2.11. The van der Waals surface area contributed by atoms with E-state index >= 15 is 0 Å². The third-order valence-electron chi connectivity index (χ3n) is 2.37. The molecule has 0 N–H and O–H groups in total. The van der Waals surface area contributed by atoms with Gasteiger partial charge in [-0.2, -0.15) is 0 Å². The Morgan fingerprint density at radius 2 is 1.72 bits per heavy atom. The second-order valence-corrected chi connectivity index (χ2v) is 5.28. The van der Waals surface area contributed by atoms with Gasteiger partial charge < -0.3 is 9.32 Å². The van der Waals surface area contributed by atoms with E-state index in [1.807, 2.05) is 31.1 Å². The van der Waals surface area contributed by atoms with Crippen molar-refractivity contribution in [2.45, 2.75) is 0 Å². The lowest BCUT2D eigenvalue weighted by Gasteiger charge is -2.10. The normalized spacial score (nSPS) is 10.4. The summed E-state index contributed by atoms with van der Waals surface area (Å²) in [6, 6.07) is 8.98. The van der Waals surface area contributed by atoms with Gasteiger partial charge in [0.25, 0.3) is 0 Å². The molecule has 0 aliphatic rings. The van der Waals surface area contributed by atoms with Gasteiger partial charge in [0.05, 0.1) is 0 Å². The summed E-state index contributed by atoms with van der Waals surface area (Å²) in [6.45, 7) is 0. The highest BCUT2D eigenvalue weighted by Crippen LogP contribution is 2.28. The highest BCUT2D eigenvalue weighted by molar-refractivity contribution is 7.80. The molecule has 1 aromatic carbocycles. The summed E-state index contributed by atoms with van der Waals surface area (Å²) in [5.74, 6) is 1.35. The zero-order valence-electron chi connectivity index (χ0n) is 9.91. The van der Waals surface area contributed by atoms with Crippen molar-refractivity contribution in [1.29, 1.82) is 0 Å². The van der Waals surface area contributed by atoms with Crippen molar-refractivity contribution in [2.75, 3.05) is 14.1 Å². The number of nitrogens with zero attached hydrogens (tertiary/aromatic N) is 1. The molecule has 94 valence electrons. The Balaban J connectivity index is 2.38. The molecule has 0 bridgehead atoms. The van der Waals surface area contributed by atoms with Gasteiger partial charge in [0, 0.05) is 29.7 Å². The number of furan rings is 1. The van der Waals surface area contributed by atoms with Crippen molar-refractivity contribution in [3.8, 4) is 11.3 Å². The second kappa shape index (κ2) is 5.31. The lowest BCUT2D eigenvalue weighted by atomic mass is 10.2. The molecule has 1 aromatic heterocycles. The number of thiocarbonyl (C=S) groups is 1. The predicted octanol–water partition coefficient (Wildman–Crippen LogP) is 4.49. The zero-order valence-corrected chi connectivity index (χ0v) is 12.2. The molecular formula is C13H11Cl2NOS. The smallest absolute Gasteiger partial charge is 0.162 e. The maximum Gasteiger partial charge on any atom is 0.162 e. The van der Waals surface area contributed by atoms with E-state index in [2.05, 4.69) is 0 Å². The molecule has 0 radical (unpaired) electrons. The molecule has 0 aliphatic heterocycles. The van der Waals surface area contributed by atoms with E-state index in [1.54, 1.807) is 18.2 Å². The zero-order chi connectivity index (χ0) is 13.3. The Morgan fingerprint density at radius 3 is 2.28 bits per heavy atom. The van der Waals surface area contributed by atoms with Gasteiger partial charge in [-0.25, -0.2) is 0 Å². The van der Waals surface area contributed by atoms with Crippen molar-refractivity contribution < 1.29 is 4.42 Å². The summed E-state index contributed by atoms with van der Waals surface area (Å²) in [7, 11) is 3.75. The minimum absolute atomic E-state index is 0.575. The van der Waals surface area contributed by atoms with Gasteiger partial charge >= 0.3 is 0 Å². The van der Waals surface area contributed by atoms with E-state index in [4.69, 9.17) is 39.8 Å². The average molecular weight is 300 g/mol. The lowest BCUT2D eigenvalue weighted by Crippen LogP contribution is -2.19. The third-order valence-corrected chi connectivity index (χ3v) is 3.37. The molecule has 2 nitrogen and oxygen atoms in total. The standard InChI is InChI=1S/C13H11Cl2NOS/c1-16(2)13(18)12-4-3-11(17-12)8-5-9(14)7-10(15)6-8/h3-7H,1-2H3. The predicted molar refractivity (Wildman–Crippen MR) is 79.6 cm³/mol. The average Bonchev–Trinajstić information content (AvgIpc) is 2.75. The Bertz CT molecular complexity index is 572. The molecule has 0 fully saturated rings.